The average Bonchev–Trinajstić information content (AvgIpc) is 4.11. The van der Waals surface area contributed by atoms with Crippen LogP contribution in [0.3, 0.4) is 0 Å². The van der Waals surface area contributed by atoms with Crippen molar-refractivity contribution in [1.82, 2.24) is 0 Å². The summed E-state index contributed by atoms with van der Waals surface area (Å²) in [6.45, 7) is 10.6. The van der Waals surface area contributed by atoms with Crippen molar-refractivity contribution >= 4 is 105 Å². The van der Waals surface area contributed by atoms with Gasteiger partial charge in [-0.05, 0) is 55.0 Å². The van der Waals surface area contributed by atoms with Gasteiger partial charge in [-0.25, -0.2) is 0 Å². The van der Waals surface area contributed by atoms with Gasteiger partial charge in [-0.15, -0.1) is 5.34 Å². The molecule has 12 rings (SSSR count). The van der Waals surface area contributed by atoms with Crippen LogP contribution in [0.2, 0.25) is 0 Å². The zero-order chi connectivity index (χ0) is 45.3. The predicted octanol–water partition coefficient (Wildman–Crippen LogP) is 15.3. The SMILES string of the molecule is CCC.CCC.Cc1cccc2c1oc1ccccc12.ClNc1cccc2c1oc1ccccc12.O=N[O-].[Na+].c1ccc2c(c1)oc1ccccc12.c1ccc2c(c1)oc1ccccc12. The van der Waals surface area contributed by atoms with E-state index < -0.39 is 0 Å². The van der Waals surface area contributed by atoms with Crippen molar-refractivity contribution in [2.45, 2.75) is 47.5 Å². The molecular weight excluding hydrogens is 843 g/mol. The van der Waals surface area contributed by atoms with Crippen LogP contribution in [0, 0.1) is 17.0 Å². The quantitative estimate of drug-likeness (QED) is 0.0755. The summed E-state index contributed by atoms with van der Waals surface area (Å²) in [5.74, 6) is 0. The van der Waals surface area contributed by atoms with Gasteiger partial charge in [0.25, 0.3) is 0 Å². The molecule has 0 aliphatic rings. The monoisotopic (exact) mass is 892 g/mol. The van der Waals surface area contributed by atoms with Crippen LogP contribution in [0.4, 0.5) is 5.69 Å². The van der Waals surface area contributed by atoms with Crippen molar-refractivity contribution < 1.29 is 47.2 Å². The zero-order valence-electron chi connectivity index (χ0n) is 37.5. The molecule has 0 spiro atoms. The molecule has 324 valence electrons. The maximum atomic E-state index is 8.00. The van der Waals surface area contributed by atoms with Gasteiger partial charge in [-0.3, -0.25) is 4.84 Å². The molecular formula is C55H50ClN2NaO6. The third kappa shape index (κ3) is 12.0. The summed E-state index contributed by atoms with van der Waals surface area (Å²) < 4.78 is 22.8. The number of rotatable bonds is 1. The Morgan fingerprint density at radius 3 is 1.00 bits per heavy atom. The van der Waals surface area contributed by atoms with Crippen LogP contribution in [0.15, 0.2) is 205 Å². The maximum Gasteiger partial charge on any atom is 1.00 e. The smallest absolute Gasteiger partial charge is 0.456 e. The summed E-state index contributed by atoms with van der Waals surface area (Å²) in [5.41, 5.74) is 9.50. The van der Waals surface area contributed by atoms with E-state index in [-0.39, 0.29) is 29.6 Å². The van der Waals surface area contributed by atoms with Crippen molar-refractivity contribution in [2.75, 3.05) is 4.84 Å². The Hall–Kier alpha value is -6.55. The Labute approximate surface area is 405 Å². The number of nitrogens with one attached hydrogen (secondary N) is 1. The molecule has 65 heavy (non-hydrogen) atoms. The molecule has 0 saturated carbocycles. The fourth-order valence-electron chi connectivity index (χ4n) is 7.06. The number of fused-ring (bicyclic) bond motifs is 12. The molecule has 1 N–H and O–H groups in total. The van der Waals surface area contributed by atoms with E-state index in [1.54, 1.807) is 0 Å². The molecule has 0 bridgehead atoms. The topological polar surface area (TPSA) is 117 Å². The molecule has 0 amide bonds. The number of anilines is 1. The molecule has 0 atom stereocenters. The Morgan fingerprint density at radius 2 is 0.662 bits per heavy atom. The summed E-state index contributed by atoms with van der Waals surface area (Å²) in [6.07, 6.45) is 2.50. The van der Waals surface area contributed by atoms with Crippen molar-refractivity contribution in [3.63, 3.8) is 0 Å². The fourth-order valence-corrected chi connectivity index (χ4v) is 7.21. The van der Waals surface area contributed by atoms with E-state index in [0.29, 0.717) is 0 Å². The fraction of sp³-hybridized carbons (Fsp3) is 0.127. The van der Waals surface area contributed by atoms with Crippen molar-refractivity contribution in [3.05, 3.63) is 198 Å². The largest absolute Gasteiger partial charge is 1.00 e. The molecule has 0 saturated heterocycles. The molecule has 0 radical (unpaired) electrons. The first-order valence-electron chi connectivity index (χ1n) is 21.2. The van der Waals surface area contributed by atoms with E-state index >= 15 is 0 Å². The van der Waals surface area contributed by atoms with Crippen LogP contribution in [0.1, 0.15) is 46.1 Å². The number of benzene rings is 8. The molecule has 10 heteroatoms. The number of furan rings is 4. The van der Waals surface area contributed by atoms with E-state index in [4.69, 9.17) is 39.6 Å². The van der Waals surface area contributed by atoms with Gasteiger partial charge in [0.15, 0.2) is 5.58 Å². The number of para-hydroxylation sites is 8. The van der Waals surface area contributed by atoms with Gasteiger partial charge in [0.2, 0.25) is 0 Å². The van der Waals surface area contributed by atoms with E-state index in [1.165, 1.54) is 50.7 Å². The molecule has 4 aromatic heterocycles. The Kier molecular flexibility index (Phi) is 19.1. The molecule has 8 aromatic carbocycles. The first-order valence-corrected chi connectivity index (χ1v) is 21.6. The first kappa shape index (κ1) is 49.5. The minimum absolute atomic E-state index is 0. The Balaban J connectivity index is 0.000000153. The number of hydrogen-bond donors (Lipinski definition) is 1. The van der Waals surface area contributed by atoms with Crippen LogP contribution < -0.4 is 34.4 Å². The number of nitrogens with zero attached hydrogens (tertiary/aromatic N) is 1. The van der Waals surface area contributed by atoms with Gasteiger partial charge in [-0.1, -0.05) is 180 Å². The first-order chi connectivity index (χ1) is 31.4. The standard InChI is InChI=1S/C13H10O.C12H8ClNO.2C12H8O.2C3H8.HNO2.Na/c1-9-5-4-7-11-10-6-2-3-8-12(10)14-13(9)11;13-14-10-6-3-5-9-8-4-1-2-7-11(8)15-12(9)10;2*1-3-7-11-9(5-1)10-6-2-4-8-12(10)13-11;2*1-3-2;2-1-3;/h2-8H,1H3;1-7,14H;2*1-8H;2*3H2,1-2H3;(H,2,3);/q;;;;;;;+1/p-1. The van der Waals surface area contributed by atoms with Crippen molar-refractivity contribution in [1.29, 1.82) is 0 Å². The minimum Gasteiger partial charge on any atom is -0.456 e. The Bertz CT molecular complexity index is 3140. The van der Waals surface area contributed by atoms with Crippen LogP contribution in [0.5, 0.6) is 0 Å². The Morgan fingerprint density at radius 1 is 0.415 bits per heavy atom. The molecule has 0 aliphatic heterocycles. The second-order valence-electron chi connectivity index (χ2n) is 14.6. The predicted molar refractivity (Wildman–Crippen MR) is 270 cm³/mol. The van der Waals surface area contributed by atoms with Crippen LogP contribution in [0.25, 0.3) is 87.8 Å². The van der Waals surface area contributed by atoms with Gasteiger partial charge in [0.1, 0.15) is 39.1 Å². The van der Waals surface area contributed by atoms with Gasteiger partial charge in [0, 0.05) is 54.9 Å². The summed E-state index contributed by atoms with van der Waals surface area (Å²) in [7, 11) is 0. The summed E-state index contributed by atoms with van der Waals surface area (Å²) in [4.78, 5) is 10.6. The average molecular weight is 893 g/mol. The second-order valence-corrected chi connectivity index (χ2v) is 14.8. The molecule has 8 nitrogen and oxygen atoms in total. The van der Waals surface area contributed by atoms with E-state index in [9.17, 15) is 0 Å². The van der Waals surface area contributed by atoms with E-state index in [2.05, 4.69) is 88.0 Å². The van der Waals surface area contributed by atoms with Crippen LogP contribution >= 0.6 is 11.8 Å². The van der Waals surface area contributed by atoms with Crippen molar-refractivity contribution in [2.24, 2.45) is 5.34 Å². The summed E-state index contributed by atoms with van der Waals surface area (Å²) in [6, 6.07) is 60.6. The molecule has 0 unspecified atom stereocenters. The van der Waals surface area contributed by atoms with E-state index in [0.717, 1.165) is 66.5 Å². The second kappa shape index (κ2) is 25.1. The number of hydrogen-bond acceptors (Lipinski definition) is 8. The minimum atomic E-state index is 0. The van der Waals surface area contributed by atoms with Crippen LogP contribution in [-0.2, 0) is 0 Å². The molecule has 0 fully saturated rings. The van der Waals surface area contributed by atoms with Crippen molar-refractivity contribution in [3.8, 4) is 0 Å². The van der Waals surface area contributed by atoms with Crippen LogP contribution in [-0.4, -0.2) is 0 Å². The molecule has 0 aliphatic carbocycles. The third-order valence-corrected chi connectivity index (χ3v) is 9.88. The van der Waals surface area contributed by atoms with Gasteiger partial charge >= 0.3 is 29.6 Å². The summed E-state index contributed by atoms with van der Waals surface area (Å²) >= 11 is 5.62. The normalized spacial score (nSPS) is 10.1. The maximum absolute atomic E-state index is 8.00. The summed E-state index contributed by atoms with van der Waals surface area (Å²) in [5, 5.41) is 18.4. The number of halogens is 1. The van der Waals surface area contributed by atoms with Gasteiger partial charge in [-0.2, -0.15) is 0 Å². The molecule has 12 aromatic rings. The van der Waals surface area contributed by atoms with Gasteiger partial charge < -0.3 is 27.8 Å². The third-order valence-electron chi connectivity index (χ3n) is 9.68. The molecule has 4 heterocycles. The van der Waals surface area contributed by atoms with E-state index in [1.807, 2.05) is 133 Å². The zero-order valence-corrected chi connectivity index (χ0v) is 40.3. The number of aryl methyl sites for hydroxylation is 1. The van der Waals surface area contributed by atoms with Gasteiger partial charge in [0.05, 0.1) is 5.69 Å².